The van der Waals surface area contributed by atoms with Crippen molar-refractivity contribution in [2.24, 2.45) is 0 Å². The van der Waals surface area contributed by atoms with Gasteiger partial charge in [-0.15, -0.1) is 0 Å². The van der Waals surface area contributed by atoms with Gasteiger partial charge in [-0.2, -0.15) is 5.10 Å². The molecule has 1 aliphatic rings. The number of hydrogen-bond donors (Lipinski definition) is 1. The van der Waals surface area contributed by atoms with Crippen molar-refractivity contribution in [2.75, 3.05) is 25.6 Å². The second kappa shape index (κ2) is 6.31. The molecule has 1 aliphatic heterocycles. The number of carbonyl (C=O) groups is 1. The zero-order valence-corrected chi connectivity index (χ0v) is 13.9. The van der Waals surface area contributed by atoms with Gasteiger partial charge < -0.3 is 14.8 Å². The summed E-state index contributed by atoms with van der Waals surface area (Å²) in [6, 6.07) is 15.6. The molecular formula is C19H19N3O3. The topological polar surface area (TPSA) is 65.4 Å². The van der Waals surface area contributed by atoms with Crippen LogP contribution in [0.1, 0.15) is 6.42 Å². The lowest BCUT2D eigenvalue weighted by atomic mass is 10.0. The maximum atomic E-state index is 12.5. The minimum atomic E-state index is -0.892. The monoisotopic (exact) mass is 337 g/mol. The number of nitrogens with one attached hydrogen (secondary N) is 1. The van der Waals surface area contributed by atoms with Crippen LogP contribution in [0.25, 0.3) is 16.6 Å². The van der Waals surface area contributed by atoms with Crippen molar-refractivity contribution in [3.05, 3.63) is 54.7 Å². The predicted octanol–water partition coefficient (Wildman–Crippen LogP) is 2.77. The normalized spacial score (nSPS) is 20.0. The van der Waals surface area contributed by atoms with E-state index in [-0.39, 0.29) is 12.5 Å². The Bertz CT molecular complexity index is 896. The minimum Gasteiger partial charge on any atom is -0.378 e. The third-order valence-corrected chi connectivity index (χ3v) is 4.64. The molecule has 1 fully saturated rings. The number of ether oxygens (including phenoxy) is 2. The van der Waals surface area contributed by atoms with Crippen LogP contribution >= 0.6 is 0 Å². The number of methoxy groups -OCH3 is 1. The van der Waals surface area contributed by atoms with Crippen LogP contribution < -0.4 is 5.32 Å². The first kappa shape index (κ1) is 15.8. The first-order chi connectivity index (χ1) is 12.2. The van der Waals surface area contributed by atoms with Gasteiger partial charge in [0.1, 0.15) is 0 Å². The van der Waals surface area contributed by atoms with Gasteiger partial charge in [-0.1, -0.05) is 18.2 Å². The van der Waals surface area contributed by atoms with Gasteiger partial charge in [0.05, 0.1) is 30.6 Å². The summed E-state index contributed by atoms with van der Waals surface area (Å²) in [6.45, 7) is 0.819. The lowest BCUT2D eigenvalue weighted by molar-refractivity contribution is -0.137. The molecule has 1 N–H and O–H groups in total. The van der Waals surface area contributed by atoms with Crippen LogP contribution in [0.5, 0.6) is 0 Å². The number of para-hydroxylation sites is 1. The van der Waals surface area contributed by atoms with E-state index in [1.807, 2.05) is 59.4 Å². The first-order valence-electron chi connectivity index (χ1n) is 8.19. The van der Waals surface area contributed by atoms with Gasteiger partial charge in [-0.05, 0) is 30.3 Å². The van der Waals surface area contributed by atoms with Gasteiger partial charge >= 0.3 is 0 Å². The van der Waals surface area contributed by atoms with E-state index in [1.165, 1.54) is 0 Å². The van der Waals surface area contributed by atoms with Gasteiger partial charge in [0.25, 0.3) is 5.91 Å². The summed E-state index contributed by atoms with van der Waals surface area (Å²) in [5, 5.41) is 8.43. The molecule has 2 heterocycles. The van der Waals surface area contributed by atoms with Crippen LogP contribution in [0.2, 0.25) is 0 Å². The second-order valence-corrected chi connectivity index (χ2v) is 6.12. The van der Waals surface area contributed by atoms with E-state index < -0.39 is 5.60 Å². The summed E-state index contributed by atoms with van der Waals surface area (Å²) in [5.74, 6) is -0.176. The Morgan fingerprint density at radius 3 is 2.76 bits per heavy atom. The van der Waals surface area contributed by atoms with E-state index in [0.717, 1.165) is 16.6 Å². The quantitative estimate of drug-likeness (QED) is 0.795. The first-order valence-corrected chi connectivity index (χ1v) is 8.19. The number of aromatic nitrogens is 2. The highest BCUT2D eigenvalue weighted by Gasteiger charge is 2.42. The van der Waals surface area contributed by atoms with Crippen molar-refractivity contribution >= 4 is 22.5 Å². The van der Waals surface area contributed by atoms with Crippen LogP contribution in [-0.2, 0) is 14.3 Å². The summed E-state index contributed by atoms with van der Waals surface area (Å²) in [4.78, 5) is 12.5. The summed E-state index contributed by atoms with van der Waals surface area (Å²) in [6.07, 6.45) is 2.40. The fraction of sp³-hybridized carbons (Fsp3) is 0.263. The second-order valence-electron chi connectivity index (χ2n) is 6.12. The van der Waals surface area contributed by atoms with Crippen molar-refractivity contribution in [3.8, 4) is 5.69 Å². The van der Waals surface area contributed by atoms with Crippen LogP contribution in [0.4, 0.5) is 5.69 Å². The lowest BCUT2D eigenvalue weighted by Crippen LogP contribution is -2.45. The predicted molar refractivity (Wildman–Crippen MR) is 94.9 cm³/mol. The van der Waals surface area contributed by atoms with Crippen LogP contribution in [0.15, 0.2) is 54.7 Å². The Hall–Kier alpha value is -2.70. The lowest BCUT2D eigenvalue weighted by Gasteiger charge is -2.24. The van der Waals surface area contributed by atoms with Crippen LogP contribution in [-0.4, -0.2) is 41.6 Å². The van der Waals surface area contributed by atoms with Gasteiger partial charge in [0.2, 0.25) is 0 Å². The SMILES string of the molecule is CO[C@@]1(C(=O)Nc2ccc(-n3ncc4ccccc43)cc2)CCOC1. The molecule has 1 atom stereocenters. The van der Waals surface area contributed by atoms with Gasteiger partial charge in [0, 0.05) is 24.6 Å². The molecule has 0 saturated carbocycles. The maximum absolute atomic E-state index is 12.5. The van der Waals surface area contributed by atoms with Crippen LogP contribution in [0.3, 0.4) is 0 Å². The Morgan fingerprint density at radius 2 is 2.04 bits per heavy atom. The number of amides is 1. The van der Waals surface area contributed by atoms with E-state index in [9.17, 15) is 4.79 Å². The van der Waals surface area contributed by atoms with Crippen molar-refractivity contribution < 1.29 is 14.3 Å². The molecule has 1 amide bonds. The molecule has 1 aromatic heterocycles. The van der Waals surface area contributed by atoms with Gasteiger partial charge in [0.15, 0.2) is 5.60 Å². The van der Waals surface area contributed by atoms with E-state index in [0.29, 0.717) is 18.7 Å². The largest absolute Gasteiger partial charge is 0.378 e. The van der Waals surface area contributed by atoms with Crippen LogP contribution in [0, 0.1) is 0 Å². The highest BCUT2D eigenvalue weighted by molar-refractivity contribution is 5.97. The third kappa shape index (κ3) is 2.79. The Labute approximate surface area is 145 Å². The molecule has 0 radical (unpaired) electrons. The standard InChI is InChI=1S/C19H19N3O3/c1-24-19(10-11-25-13-19)18(23)21-15-6-8-16(9-7-15)22-17-5-3-2-4-14(17)12-20-22/h2-9,12H,10-11,13H2,1H3,(H,21,23)/t19-/m0/s1. The van der Waals surface area contributed by atoms with Gasteiger partial charge in [-0.25, -0.2) is 4.68 Å². The van der Waals surface area contributed by atoms with E-state index in [4.69, 9.17) is 9.47 Å². The Balaban J connectivity index is 1.55. The molecule has 4 rings (SSSR count). The van der Waals surface area contributed by atoms with Crippen molar-refractivity contribution in [2.45, 2.75) is 12.0 Å². The summed E-state index contributed by atoms with van der Waals surface area (Å²) >= 11 is 0. The van der Waals surface area contributed by atoms with Crippen molar-refractivity contribution in [1.29, 1.82) is 0 Å². The zero-order chi connectivity index (χ0) is 17.3. The molecule has 25 heavy (non-hydrogen) atoms. The maximum Gasteiger partial charge on any atom is 0.259 e. The number of anilines is 1. The minimum absolute atomic E-state index is 0.176. The van der Waals surface area contributed by atoms with E-state index >= 15 is 0 Å². The molecule has 3 aromatic rings. The molecule has 0 unspecified atom stereocenters. The number of benzene rings is 2. The highest BCUT2D eigenvalue weighted by Crippen LogP contribution is 2.25. The number of carbonyl (C=O) groups excluding carboxylic acids is 1. The molecule has 128 valence electrons. The molecular weight excluding hydrogens is 318 g/mol. The molecule has 1 saturated heterocycles. The molecule has 0 bridgehead atoms. The number of rotatable bonds is 4. The number of hydrogen-bond acceptors (Lipinski definition) is 4. The molecule has 0 spiro atoms. The average Bonchev–Trinajstić information content (AvgIpc) is 3.30. The van der Waals surface area contributed by atoms with E-state index in [2.05, 4.69) is 10.4 Å². The Morgan fingerprint density at radius 1 is 1.24 bits per heavy atom. The van der Waals surface area contributed by atoms with Crippen molar-refractivity contribution in [3.63, 3.8) is 0 Å². The third-order valence-electron chi connectivity index (χ3n) is 4.64. The van der Waals surface area contributed by atoms with Crippen molar-refractivity contribution in [1.82, 2.24) is 9.78 Å². The number of fused-ring (bicyclic) bond motifs is 1. The molecule has 0 aliphatic carbocycles. The van der Waals surface area contributed by atoms with E-state index in [1.54, 1.807) is 7.11 Å². The summed E-state index contributed by atoms with van der Waals surface area (Å²) in [7, 11) is 1.54. The fourth-order valence-corrected chi connectivity index (χ4v) is 3.09. The van der Waals surface area contributed by atoms with Gasteiger partial charge in [-0.3, -0.25) is 4.79 Å². The smallest absolute Gasteiger partial charge is 0.259 e. The summed E-state index contributed by atoms with van der Waals surface area (Å²) in [5.41, 5.74) is 1.80. The molecule has 6 heteroatoms. The average molecular weight is 337 g/mol. The Kier molecular flexibility index (Phi) is 3.99. The fourth-order valence-electron chi connectivity index (χ4n) is 3.09. The number of nitrogens with zero attached hydrogens (tertiary/aromatic N) is 2. The highest BCUT2D eigenvalue weighted by atomic mass is 16.6. The molecule has 6 nitrogen and oxygen atoms in total. The summed E-state index contributed by atoms with van der Waals surface area (Å²) < 4.78 is 12.6. The molecule has 2 aromatic carbocycles. The zero-order valence-electron chi connectivity index (χ0n) is 13.9.